The van der Waals surface area contributed by atoms with Gasteiger partial charge in [0.15, 0.2) is 0 Å². The molecule has 1 aliphatic rings. The Bertz CT molecular complexity index is 447. The molecule has 0 amide bonds. The highest BCUT2D eigenvalue weighted by Gasteiger charge is 2.32. The van der Waals surface area contributed by atoms with Gasteiger partial charge < -0.3 is 19.9 Å². The van der Waals surface area contributed by atoms with Crippen molar-refractivity contribution in [3.8, 4) is 0 Å². The second-order valence-corrected chi connectivity index (χ2v) is 6.68. The van der Waals surface area contributed by atoms with Crippen molar-refractivity contribution in [2.75, 3.05) is 25.5 Å². The van der Waals surface area contributed by atoms with Gasteiger partial charge in [0, 0.05) is 34.2 Å². The number of aliphatic hydroxyl groups is 1. The third-order valence-corrected chi connectivity index (χ3v) is 4.83. The summed E-state index contributed by atoms with van der Waals surface area (Å²) in [5.74, 6) is 1.76. The van der Waals surface area contributed by atoms with Crippen LogP contribution in [0.1, 0.15) is 44.7 Å². The molecule has 120 valence electrons. The van der Waals surface area contributed by atoms with Gasteiger partial charge in [-0.15, -0.1) is 0 Å². The minimum atomic E-state index is -0.519. The standard InChI is InChI=1S/C16H30N4O/c1-5-13-6-8-16(21,9-7-13)12-17-10-14-11-18-15(19(2)3)20(14)4/h11,13,17,21H,5-10,12H2,1-4H3. The summed E-state index contributed by atoms with van der Waals surface area (Å²) in [6.45, 7) is 3.67. The molecular formula is C16H30N4O. The van der Waals surface area contributed by atoms with Crippen LogP contribution in [0, 0.1) is 5.92 Å². The fourth-order valence-corrected chi connectivity index (χ4v) is 3.24. The van der Waals surface area contributed by atoms with Crippen molar-refractivity contribution in [3.63, 3.8) is 0 Å². The van der Waals surface area contributed by atoms with Gasteiger partial charge in [0.05, 0.1) is 17.5 Å². The zero-order chi connectivity index (χ0) is 15.5. The van der Waals surface area contributed by atoms with Gasteiger partial charge in [0.1, 0.15) is 0 Å². The molecule has 0 atom stereocenters. The van der Waals surface area contributed by atoms with Gasteiger partial charge in [-0.05, 0) is 31.6 Å². The third kappa shape index (κ3) is 3.98. The lowest BCUT2D eigenvalue weighted by atomic mass is 9.78. The summed E-state index contributed by atoms with van der Waals surface area (Å²) in [7, 11) is 6.02. The van der Waals surface area contributed by atoms with Gasteiger partial charge in [0.2, 0.25) is 5.95 Å². The van der Waals surface area contributed by atoms with Gasteiger partial charge in [-0.25, -0.2) is 4.98 Å². The maximum absolute atomic E-state index is 10.6. The molecule has 5 heteroatoms. The van der Waals surface area contributed by atoms with E-state index in [4.69, 9.17) is 0 Å². The highest BCUT2D eigenvalue weighted by molar-refractivity contribution is 5.30. The van der Waals surface area contributed by atoms with Crippen molar-refractivity contribution >= 4 is 5.95 Å². The van der Waals surface area contributed by atoms with Gasteiger partial charge in [-0.2, -0.15) is 0 Å². The number of imidazole rings is 1. The number of anilines is 1. The molecule has 1 saturated carbocycles. The highest BCUT2D eigenvalue weighted by atomic mass is 16.3. The van der Waals surface area contributed by atoms with Crippen molar-refractivity contribution in [3.05, 3.63) is 11.9 Å². The summed E-state index contributed by atoms with van der Waals surface area (Å²) in [5.41, 5.74) is 0.624. The summed E-state index contributed by atoms with van der Waals surface area (Å²) in [4.78, 5) is 6.41. The SMILES string of the molecule is CCC1CCC(O)(CNCc2cnc(N(C)C)n2C)CC1. The summed E-state index contributed by atoms with van der Waals surface area (Å²) in [5, 5.41) is 14.0. The third-order valence-electron chi connectivity index (χ3n) is 4.83. The molecule has 1 aromatic heterocycles. The van der Waals surface area contributed by atoms with E-state index < -0.39 is 5.60 Å². The van der Waals surface area contributed by atoms with Crippen molar-refractivity contribution in [2.45, 2.75) is 51.2 Å². The zero-order valence-corrected chi connectivity index (χ0v) is 13.9. The lowest BCUT2D eigenvalue weighted by Gasteiger charge is -2.36. The monoisotopic (exact) mass is 294 g/mol. The van der Waals surface area contributed by atoms with Crippen molar-refractivity contribution < 1.29 is 5.11 Å². The minimum Gasteiger partial charge on any atom is -0.389 e. The van der Waals surface area contributed by atoms with Crippen molar-refractivity contribution in [1.29, 1.82) is 0 Å². The Morgan fingerprint density at radius 3 is 2.62 bits per heavy atom. The Balaban J connectivity index is 1.82. The molecule has 0 unspecified atom stereocenters. The summed E-state index contributed by atoms with van der Waals surface area (Å²) in [6.07, 6.45) is 7.31. The number of hydrogen-bond acceptors (Lipinski definition) is 4. The van der Waals surface area contributed by atoms with E-state index in [1.54, 1.807) is 0 Å². The Kier molecular flexibility index (Phi) is 5.27. The van der Waals surface area contributed by atoms with Crippen LogP contribution in [0.3, 0.4) is 0 Å². The molecule has 1 aromatic rings. The first-order valence-corrected chi connectivity index (χ1v) is 8.06. The average Bonchev–Trinajstić information content (AvgIpc) is 2.81. The first kappa shape index (κ1) is 16.3. The Morgan fingerprint density at radius 2 is 2.10 bits per heavy atom. The lowest BCUT2D eigenvalue weighted by molar-refractivity contribution is -0.00889. The van der Waals surface area contributed by atoms with Crippen LogP contribution in [0.5, 0.6) is 0 Å². The Labute approximate surface area is 128 Å². The largest absolute Gasteiger partial charge is 0.389 e. The van der Waals surface area contributed by atoms with Crippen molar-refractivity contribution in [2.24, 2.45) is 13.0 Å². The van der Waals surface area contributed by atoms with E-state index >= 15 is 0 Å². The van der Waals surface area contributed by atoms with E-state index in [2.05, 4.69) is 21.8 Å². The van der Waals surface area contributed by atoms with Crippen molar-refractivity contribution in [1.82, 2.24) is 14.9 Å². The number of rotatable bonds is 6. The maximum atomic E-state index is 10.6. The van der Waals surface area contributed by atoms with E-state index in [9.17, 15) is 5.11 Å². The van der Waals surface area contributed by atoms with Gasteiger partial charge in [0.25, 0.3) is 0 Å². The minimum absolute atomic E-state index is 0.519. The quantitative estimate of drug-likeness (QED) is 0.841. The molecule has 0 saturated heterocycles. The molecule has 0 radical (unpaired) electrons. The molecule has 1 heterocycles. The highest BCUT2D eigenvalue weighted by Crippen LogP contribution is 2.33. The van der Waals surface area contributed by atoms with Gasteiger partial charge in [-0.1, -0.05) is 13.3 Å². The Morgan fingerprint density at radius 1 is 1.43 bits per heavy atom. The molecular weight excluding hydrogens is 264 g/mol. The molecule has 1 fully saturated rings. The van der Waals surface area contributed by atoms with Gasteiger partial charge >= 0.3 is 0 Å². The molecule has 2 rings (SSSR count). The normalized spacial score (nSPS) is 26.0. The molecule has 21 heavy (non-hydrogen) atoms. The fraction of sp³-hybridized carbons (Fsp3) is 0.812. The maximum Gasteiger partial charge on any atom is 0.204 e. The second kappa shape index (κ2) is 6.79. The van der Waals surface area contributed by atoms with E-state index in [-0.39, 0.29) is 0 Å². The smallest absolute Gasteiger partial charge is 0.204 e. The molecule has 5 nitrogen and oxygen atoms in total. The number of aromatic nitrogens is 2. The summed E-state index contributed by atoms with van der Waals surface area (Å²) in [6, 6.07) is 0. The molecule has 0 spiro atoms. The van der Waals surface area contributed by atoms with E-state index in [0.29, 0.717) is 6.54 Å². The van der Waals surface area contributed by atoms with Crippen LogP contribution < -0.4 is 10.2 Å². The van der Waals surface area contributed by atoms with Crippen LogP contribution in [0.15, 0.2) is 6.20 Å². The molecule has 0 aromatic carbocycles. The van der Waals surface area contributed by atoms with Crippen LogP contribution in [-0.4, -0.2) is 40.9 Å². The van der Waals surface area contributed by atoms with Crippen LogP contribution in [0.4, 0.5) is 5.95 Å². The van der Waals surface area contributed by atoms with Crippen LogP contribution >= 0.6 is 0 Å². The predicted molar refractivity (Wildman–Crippen MR) is 86.4 cm³/mol. The first-order chi connectivity index (χ1) is 9.95. The number of hydrogen-bond donors (Lipinski definition) is 2. The Hall–Kier alpha value is -1.07. The second-order valence-electron chi connectivity index (χ2n) is 6.68. The van der Waals surface area contributed by atoms with Crippen LogP contribution in [0.25, 0.3) is 0 Å². The average molecular weight is 294 g/mol. The predicted octanol–water partition coefficient (Wildman–Crippen LogP) is 1.91. The molecule has 0 bridgehead atoms. The summed E-state index contributed by atoms with van der Waals surface area (Å²) < 4.78 is 2.09. The molecule has 0 aliphatic heterocycles. The first-order valence-electron chi connectivity index (χ1n) is 8.06. The van der Waals surface area contributed by atoms with Gasteiger partial charge in [-0.3, -0.25) is 0 Å². The fourth-order valence-electron chi connectivity index (χ4n) is 3.24. The lowest BCUT2D eigenvalue weighted by Crippen LogP contribution is -2.43. The zero-order valence-electron chi connectivity index (χ0n) is 13.9. The van der Waals surface area contributed by atoms with E-state index in [0.717, 1.165) is 49.8 Å². The van der Waals surface area contributed by atoms with Crippen LogP contribution in [-0.2, 0) is 13.6 Å². The molecule has 1 aliphatic carbocycles. The van der Waals surface area contributed by atoms with E-state index in [1.165, 1.54) is 6.42 Å². The topological polar surface area (TPSA) is 53.3 Å². The molecule has 2 N–H and O–H groups in total. The number of nitrogens with one attached hydrogen (secondary N) is 1. The van der Waals surface area contributed by atoms with E-state index in [1.807, 2.05) is 32.2 Å². The summed E-state index contributed by atoms with van der Waals surface area (Å²) >= 11 is 0. The number of nitrogens with zero attached hydrogens (tertiary/aromatic N) is 3. The van der Waals surface area contributed by atoms with Crippen LogP contribution in [0.2, 0.25) is 0 Å².